The van der Waals surface area contributed by atoms with Gasteiger partial charge in [0.2, 0.25) is 5.91 Å². The monoisotopic (exact) mass is 432 g/mol. The molecule has 0 radical (unpaired) electrons. The van der Waals surface area contributed by atoms with Crippen molar-refractivity contribution in [2.75, 3.05) is 11.4 Å². The molecule has 1 aromatic heterocycles. The number of fused-ring (bicyclic) bond motifs is 1. The minimum atomic E-state index is -4.00. The van der Waals surface area contributed by atoms with Crippen LogP contribution in [-0.4, -0.2) is 31.0 Å². The molecule has 0 unspecified atom stereocenters. The van der Waals surface area contributed by atoms with Crippen molar-refractivity contribution in [1.29, 1.82) is 0 Å². The number of halogens is 1. The van der Waals surface area contributed by atoms with Gasteiger partial charge in [-0.15, -0.1) is 0 Å². The van der Waals surface area contributed by atoms with Gasteiger partial charge in [0.15, 0.2) is 15.6 Å². The Hall–Kier alpha value is -2.38. The quantitative estimate of drug-likeness (QED) is 0.767. The molecular formula is C21H21ClN2O4S. The van der Waals surface area contributed by atoms with E-state index in [1.54, 1.807) is 43.0 Å². The number of aryl methyl sites for hydroxylation is 1. The zero-order valence-electron chi connectivity index (χ0n) is 16.4. The average molecular weight is 433 g/mol. The molecule has 2 aromatic rings. The maximum Gasteiger partial charge on any atom is 0.227 e. The summed E-state index contributed by atoms with van der Waals surface area (Å²) in [4.78, 5) is 17.9. The van der Waals surface area contributed by atoms with Crippen LogP contribution in [0.25, 0.3) is 10.7 Å². The summed E-state index contributed by atoms with van der Waals surface area (Å²) in [5, 5.41) is 11.1. The summed E-state index contributed by atoms with van der Waals surface area (Å²) in [6.07, 6.45) is 2.65. The minimum Gasteiger partial charge on any atom is -0.504 e. The second-order valence-electron chi connectivity index (χ2n) is 7.83. The van der Waals surface area contributed by atoms with Crippen molar-refractivity contribution in [3.8, 4) is 0 Å². The Labute approximate surface area is 174 Å². The van der Waals surface area contributed by atoms with E-state index < -0.39 is 20.3 Å². The van der Waals surface area contributed by atoms with Gasteiger partial charge in [-0.3, -0.25) is 9.78 Å². The van der Waals surface area contributed by atoms with Crippen LogP contribution < -0.4 is 4.90 Å². The summed E-state index contributed by atoms with van der Waals surface area (Å²) in [5.41, 5.74) is 2.08. The molecule has 3 heterocycles. The summed E-state index contributed by atoms with van der Waals surface area (Å²) in [6.45, 7) is 5.52. The Morgan fingerprint density at radius 3 is 2.62 bits per heavy atom. The van der Waals surface area contributed by atoms with Crippen molar-refractivity contribution < 1.29 is 18.3 Å². The number of hydrogen-bond donors (Lipinski definition) is 1. The number of amides is 1. The van der Waals surface area contributed by atoms with Gasteiger partial charge in [0.05, 0.1) is 15.5 Å². The van der Waals surface area contributed by atoms with Crippen LogP contribution >= 0.6 is 11.6 Å². The SMILES string of the molecule is Cc1ccc(C2=C(O)c3ncccc3C(C)(C)S2(=O)=O)c(Cl)c1N1CCCC1=O. The number of carbonyl (C=O) groups is 1. The Balaban J connectivity index is 2.04. The molecule has 152 valence electrons. The van der Waals surface area contributed by atoms with E-state index in [4.69, 9.17) is 11.6 Å². The van der Waals surface area contributed by atoms with E-state index in [0.717, 1.165) is 12.0 Å². The van der Waals surface area contributed by atoms with Gasteiger partial charge in [-0.25, -0.2) is 8.42 Å². The molecule has 0 saturated carbocycles. The highest BCUT2D eigenvalue weighted by Gasteiger charge is 2.48. The fourth-order valence-corrected chi connectivity index (χ4v) is 6.28. The first kappa shape index (κ1) is 19.9. The second kappa shape index (κ2) is 6.57. The highest BCUT2D eigenvalue weighted by Crippen LogP contribution is 2.50. The maximum absolute atomic E-state index is 13.6. The van der Waals surface area contributed by atoms with E-state index in [0.29, 0.717) is 24.2 Å². The standard InChI is InChI=1S/C21H21ClN2O4S/c1-12-8-9-13(16(22)18(12)24-11-5-7-15(24)25)20-19(26)17-14(6-4-10-23-17)21(2,3)29(20,27)28/h4,6,8-10,26H,5,7,11H2,1-3H3. The highest BCUT2D eigenvalue weighted by atomic mass is 35.5. The molecule has 1 saturated heterocycles. The molecule has 0 atom stereocenters. The number of pyridine rings is 1. The fourth-order valence-electron chi connectivity index (χ4n) is 4.04. The Morgan fingerprint density at radius 2 is 1.97 bits per heavy atom. The van der Waals surface area contributed by atoms with Crippen LogP contribution in [0.15, 0.2) is 30.5 Å². The third-order valence-corrected chi connectivity index (χ3v) is 8.64. The normalized spacial score (nSPS) is 20.1. The van der Waals surface area contributed by atoms with E-state index in [2.05, 4.69) is 4.98 Å². The molecule has 0 spiro atoms. The first-order valence-electron chi connectivity index (χ1n) is 9.32. The number of rotatable bonds is 2. The molecule has 0 aliphatic carbocycles. The third-order valence-electron chi connectivity index (χ3n) is 5.74. The molecular weight excluding hydrogens is 412 g/mol. The molecule has 4 rings (SSSR count). The largest absolute Gasteiger partial charge is 0.504 e. The van der Waals surface area contributed by atoms with Crippen molar-refractivity contribution in [1.82, 2.24) is 4.98 Å². The van der Waals surface area contributed by atoms with Crippen LogP contribution in [0.4, 0.5) is 5.69 Å². The predicted octanol–water partition coefficient (Wildman–Crippen LogP) is 4.22. The molecule has 1 fully saturated rings. The summed E-state index contributed by atoms with van der Waals surface area (Å²) < 4.78 is 25.8. The third kappa shape index (κ3) is 2.71. The lowest BCUT2D eigenvalue weighted by Crippen LogP contribution is -2.35. The van der Waals surface area contributed by atoms with Crippen molar-refractivity contribution in [2.24, 2.45) is 0 Å². The first-order chi connectivity index (χ1) is 13.6. The fraction of sp³-hybridized carbons (Fsp3) is 0.333. The number of sulfone groups is 1. The van der Waals surface area contributed by atoms with Crippen LogP contribution in [0.5, 0.6) is 0 Å². The van der Waals surface area contributed by atoms with Crippen LogP contribution in [-0.2, 0) is 19.4 Å². The average Bonchev–Trinajstić information content (AvgIpc) is 3.08. The van der Waals surface area contributed by atoms with Crippen LogP contribution in [0.1, 0.15) is 49.1 Å². The lowest BCUT2D eigenvalue weighted by Gasteiger charge is -2.33. The molecule has 6 nitrogen and oxygen atoms in total. The van der Waals surface area contributed by atoms with Gasteiger partial charge in [0.1, 0.15) is 10.6 Å². The summed E-state index contributed by atoms with van der Waals surface area (Å²) >= 11 is 6.68. The summed E-state index contributed by atoms with van der Waals surface area (Å²) in [5.74, 6) is -0.478. The molecule has 8 heteroatoms. The van der Waals surface area contributed by atoms with Gasteiger partial charge in [-0.05, 0) is 38.8 Å². The number of nitrogens with zero attached hydrogens (tertiary/aromatic N) is 2. The molecule has 1 aromatic carbocycles. The van der Waals surface area contributed by atoms with Gasteiger partial charge < -0.3 is 10.0 Å². The molecule has 29 heavy (non-hydrogen) atoms. The number of aliphatic hydroxyl groups is 1. The summed E-state index contributed by atoms with van der Waals surface area (Å²) in [7, 11) is -4.00. The van der Waals surface area contributed by atoms with E-state index in [1.807, 2.05) is 6.92 Å². The second-order valence-corrected chi connectivity index (χ2v) is 10.6. The van der Waals surface area contributed by atoms with Crippen molar-refractivity contribution in [3.05, 3.63) is 57.9 Å². The van der Waals surface area contributed by atoms with Gasteiger partial charge in [-0.2, -0.15) is 0 Å². The van der Waals surface area contributed by atoms with Crippen molar-refractivity contribution in [2.45, 2.75) is 38.4 Å². The zero-order valence-corrected chi connectivity index (χ0v) is 17.9. The Bertz CT molecular complexity index is 1190. The smallest absolute Gasteiger partial charge is 0.227 e. The lowest BCUT2D eigenvalue weighted by molar-refractivity contribution is -0.117. The molecule has 2 aliphatic heterocycles. The topological polar surface area (TPSA) is 87.6 Å². The van der Waals surface area contributed by atoms with Crippen LogP contribution in [0, 0.1) is 6.92 Å². The van der Waals surface area contributed by atoms with Gasteiger partial charge >= 0.3 is 0 Å². The highest BCUT2D eigenvalue weighted by molar-refractivity contribution is 8.01. The number of carbonyl (C=O) groups excluding carboxylic acids is 1. The van der Waals surface area contributed by atoms with Crippen molar-refractivity contribution >= 4 is 43.7 Å². The minimum absolute atomic E-state index is 0.0517. The van der Waals surface area contributed by atoms with Gasteiger partial charge in [-0.1, -0.05) is 29.8 Å². The molecule has 2 aliphatic rings. The van der Waals surface area contributed by atoms with E-state index in [9.17, 15) is 18.3 Å². The predicted molar refractivity (Wildman–Crippen MR) is 113 cm³/mol. The molecule has 1 N–H and O–H groups in total. The number of anilines is 1. The first-order valence-corrected chi connectivity index (χ1v) is 11.2. The van der Waals surface area contributed by atoms with Gasteiger partial charge in [0.25, 0.3) is 0 Å². The Kier molecular flexibility index (Phi) is 4.51. The lowest BCUT2D eigenvalue weighted by atomic mass is 9.97. The van der Waals surface area contributed by atoms with E-state index >= 15 is 0 Å². The number of aliphatic hydroxyl groups excluding tert-OH is 1. The van der Waals surface area contributed by atoms with Crippen LogP contribution in [0.3, 0.4) is 0 Å². The number of aromatic nitrogens is 1. The van der Waals surface area contributed by atoms with E-state index in [1.165, 1.54) is 6.20 Å². The van der Waals surface area contributed by atoms with Crippen LogP contribution in [0.2, 0.25) is 5.02 Å². The summed E-state index contributed by atoms with van der Waals surface area (Å²) in [6, 6.07) is 6.59. The van der Waals surface area contributed by atoms with Crippen molar-refractivity contribution in [3.63, 3.8) is 0 Å². The van der Waals surface area contributed by atoms with E-state index in [-0.39, 0.29) is 27.1 Å². The van der Waals surface area contributed by atoms with Gasteiger partial charge in [0, 0.05) is 30.3 Å². The Morgan fingerprint density at radius 1 is 1.24 bits per heavy atom. The number of benzene rings is 1. The maximum atomic E-state index is 13.6. The molecule has 1 amide bonds. The number of hydrogen-bond acceptors (Lipinski definition) is 5. The zero-order chi connectivity index (χ0) is 21.1. The molecule has 0 bridgehead atoms.